The monoisotopic (exact) mass is 325 g/mol. The molecule has 0 unspecified atom stereocenters. The zero-order chi connectivity index (χ0) is 14.0. The lowest BCUT2D eigenvalue weighted by Crippen LogP contribution is -2.02. The van der Waals surface area contributed by atoms with E-state index >= 15 is 0 Å². The summed E-state index contributed by atoms with van der Waals surface area (Å²) in [5, 5.41) is 23.5. The molecule has 98 valence electrons. The molecule has 0 bridgehead atoms. The molecule has 1 aromatic carbocycles. The molecule has 1 N–H and O–H groups in total. The summed E-state index contributed by atoms with van der Waals surface area (Å²) in [6.45, 7) is 0.246. The third kappa shape index (κ3) is 2.79. The molecule has 0 aliphatic carbocycles. The molecule has 1 heterocycles. The van der Waals surface area contributed by atoms with Gasteiger partial charge in [0.1, 0.15) is 4.47 Å². The highest BCUT2D eigenvalue weighted by molar-refractivity contribution is 9.10. The van der Waals surface area contributed by atoms with E-state index in [0.29, 0.717) is 10.0 Å². The average Bonchev–Trinajstić information content (AvgIpc) is 2.80. The van der Waals surface area contributed by atoms with Crippen molar-refractivity contribution in [1.29, 1.82) is 0 Å². The van der Waals surface area contributed by atoms with E-state index in [2.05, 4.69) is 21.0 Å². The zero-order valence-electron chi connectivity index (χ0n) is 9.49. The van der Waals surface area contributed by atoms with Gasteiger partial charge >= 0.3 is 5.97 Å². The normalized spacial score (nSPS) is 10.4. The molecule has 0 saturated heterocycles. The first kappa shape index (κ1) is 13.2. The van der Waals surface area contributed by atoms with Gasteiger partial charge < -0.3 is 5.11 Å². The second-order valence-electron chi connectivity index (χ2n) is 3.74. The van der Waals surface area contributed by atoms with Crippen LogP contribution in [-0.2, 0) is 6.54 Å². The molecular formula is C11H8BrN3O4. The minimum atomic E-state index is -1.07. The number of carboxylic acids is 1. The fourth-order valence-electron chi connectivity index (χ4n) is 1.56. The van der Waals surface area contributed by atoms with Gasteiger partial charge in [-0.05, 0) is 21.5 Å². The van der Waals surface area contributed by atoms with Crippen molar-refractivity contribution >= 4 is 27.6 Å². The average molecular weight is 326 g/mol. The Morgan fingerprint density at radius 2 is 2.26 bits per heavy atom. The summed E-state index contributed by atoms with van der Waals surface area (Å²) in [5.41, 5.74) is 0.680. The second-order valence-corrected chi connectivity index (χ2v) is 4.53. The number of nitrogens with zero attached hydrogens (tertiary/aromatic N) is 3. The fourth-order valence-corrected chi connectivity index (χ4v) is 2.10. The lowest BCUT2D eigenvalue weighted by molar-refractivity contribution is -0.385. The highest BCUT2D eigenvalue weighted by Crippen LogP contribution is 2.28. The summed E-state index contributed by atoms with van der Waals surface area (Å²) in [6, 6.07) is 4.67. The Morgan fingerprint density at radius 3 is 2.84 bits per heavy atom. The highest BCUT2D eigenvalue weighted by atomic mass is 79.9. The number of aromatic carboxylic acids is 1. The van der Waals surface area contributed by atoms with Crippen LogP contribution in [0.2, 0.25) is 0 Å². The standard InChI is InChI=1S/C11H8BrN3O4/c12-10-7(2-1-3-9(10)15(18)19)5-14-6-8(4-13-14)11(16)17/h1-4,6H,5H2,(H,16,17). The van der Waals surface area contributed by atoms with Crippen LogP contribution in [0, 0.1) is 10.1 Å². The molecule has 1 aromatic heterocycles. The molecule has 0 aliphatic rings. The summed E-state index contributed by atoms with van der Waals surface area (Å²) in [7, 11) is 0. The number of rotatable bonds is 4. The summed E-state index contributed by atoms with van der Waals surface area (Å²) >= 11 is 3.18. The van der Waals surface area contributed by atoms with Crippen LogP contribution < -0.4 is 0 Å². The van der Waals surface area contributed by atoms with Gasteiger partial charge in [0.2, 0.25) is 0 Å². The van der Waals surface area contributed by atoms with Crippen molar-refractivity contribution in [3.63, 3.8) is 0 Å². The van der Waals surface area contributed by atoms with Crippen LogP contribution >= 0.6 is 15.9 Å². The van der Waals surface area contributed by atoms with Gasteiger partial charge in [-0.2, -0.15) is 5.10 Å². The molecular weight excluding hydrogens is 318 g/mol. The molecule has 2 aromatic rings. The fraction of sp³-hybridized carbons (Fsp3) is 0.0909. The molecule has 0 amide bonds. The molecule has 0 saturated carbocycles. The lowest BCUT2D eigenvalue weighted by Gasteiger charge is -2.05. The van der Waals surface area contributed by atoms with E-state index in [0.717, 1.165) is 0 Å². The number of hydrogen-bond donors (Lipinski definition) is 1. The van der Waals surface area contributed by atoms with E-state index in [1.807, 2.05) is 0 Å². The second kappa shape index (κ2) is 5.19. The van der Waals surface area contributed by atoms with Gasteiger partial charge in [-0.1, -0.05) is 12.1 Å². The van der Waals surface area contributed by atoms with Crippen molar-refractivity contribution < 1.29 is 14.8 Å². The van der Waals surface area contributed by atoms with Crippen molar-refractivity contribution in [2.45, 2.75) is 6.54 Å². The van der Waals surface area contributed by atoms with Gasteiger partial charge in [0.15, 0.2) is 0 Å². The highest BCUT2D eigenvalue weighted by Gasteiger charge is 2.15. The van der Waals surface area contributed by atoms with Gasteiger partial charge in [0, 0.05) is 12.3 Å². The third-order valence-electron chi connectivity index (χ3n) is 2.47. The molecule has 19 heavy (non-hydrogen) atoms. The maximum Gasteiger partial charge on any atom is 0.338 e. The Hall–Kier alpha value is -2.22. The van der Waals surface area contributed by atoms with Crippen LogP contribution in [0.3, 0.4) is 0 Å². The van der Waals surface area contributed by atoms with Crippen LogP contribution in [-0.4, -0.2) is 25.8 Å². The number of benzene rings is 1. The molecule has 8 heteroatoms. The topological polar surface area (TPSA) is 98.3 Å². The molecule has 0 atom stereocenters. The number of hydrogen-bond acceptors (Lipinski definition) is 4. The minimum absolute atomic E-state index is 0.0388. The number of nitro benzene ring substituents is 1. The first-order valence-corrected chi connectivity index (χ1v) is 5.96. The van der Waals surface area contributed by atoms with Crippen LogP contribution in [0.5, 0.6) is 0 Å². The van der Waals surface area contributed by atoms with E-state index in [-0.39, 0.29) is 17.8 Å². The molecule has 7 nitrogen and oxygen atoms in total. The van der Waals surface area contributed by atoms with Crippen molar-refractivity contribution in [3.05, 3.63) is 56.3 Å². The SMILES string of the molecule is O=C(O)c1cnn(Cc2cccc([N+](=O)[O-])c2Br)c1. The van der Waals surface area contributed by atoms with Crippen molar-refractivity contribution in [1.82, 2.24) is 9.78 Å². The van der Waals surface area contributed by atoms with Gasteiger partial charge in [-0.25, -0.2) is 4.79 Å². The quantitative estimate of drug-likeness (QED) is 0.687. The first-order chi connectivity index (χ1) is 8.99. The number of aromatic nitrogens is 2. The van der Waals surface area contributed by atoms with Crippen LogP contribution in [0.4, 0.5) is 5.69 Å². The Morgan fingerprint density at radius 1 is 1.53 bits per heavy atom. The van der Waals surface area contributed by atoms with Crippen molar-refractivity contribution in [2.24, 2.45) is 0 Å². The summed E-state index contributed by atoms with van der Waals surface area (Å²) < 4.78 is 1.78. The van der Waals surface area contributed by atoms with Gasteiger partial charge in [-0.3, -0.25) is 14.8 Å². The van der Waals surface area contributed by atoms with Gasteiger partial charge in [0.25, 0.3) is 5.69 Å². The van der Waals surface area contributed by atoms with Crippen LogP contribution in [0.25, 0.3) is 0 Å². The smallest absolute Gasteiger partial charge is 0.338 e. The van der Waals surface area contributed by atoms with Gasteiger partial charge in [-0.15, -0.1) is 0 Å². The number of nitro groups is 1. The third-order valence-corrected chi connectivity index (χ3v) is 3.38. The van der Waals surface area contributed by atoms with Crippen molar-refractivity contribution in [3.8, 4) is 0 Å². The van der Waals surface area contributed by atoms with Crippen molar-refractivity contribution in [2.75, 3.05) is 0 Å². The number of halogens is 1. The van der Waals surface area contributed by atoms with E-state index < -0.39 is 10.9 Å². The zero-order valence-corrected chi connectivity index (χ0v) is 11.1. The maximum atomic E-state index is 10.8. The molecule has 2 rings (SSSR count). The van der Waals surface area contributed by atoms with E-state index in [9.17, 15) is 14.9 Å². The Labute approximate surface area is 115 Å². The first-order valence-electron chi connectivity index (χ1n) is 5.16. The summed E-state index contributed by atoms with van der Waals surface area (Å²) in [6.07, 6.45) is 2.60. The molecule has 0 fully saturated rings. The number of carboxylic acid groups (broad SMARTS) is 1. The Balaban J connectivity index is 2.30. The van der Waals surface area contributed by atoms with Crippen LogP contribution in [0.15, 0.2) is 35.1 Å². The van der Waals surface area contributed by atoms with E-state index in [4.69, 9.17) is 5.11 Å². The molecule has 0 radical (unpaired) electrons. The predicted octanol–water partition coefficient (Wildman–Crippen LogP) is 2.30. The van der Waals surface area contributed by atoms with Gasteiger partial charge in [0.05, 0.1) is 23.2 Å². The largest absolute Gasteiger partial charge is 0.478 e. The Bertz CT molecular complexity index is 653. The minimum Gasteiger partial charge on any atom is -0.478 e. The molecule has 0 aliphatic heterocycles. The summed E-state index contributed by atoms with van der Waals surface area (Å²) in [5.74, 6) is -1.07. The van der Waals surface area contributed by atoms with Crippen LogP contribution in [0.1, 0.15) is 15.9 Å². The van der Waals surface area contributed by atoms with E-state index in [1.54, 1.807) is 12.1 Å². The summed E-state index contributed by atoms with van der Waals surface area (Å²) in [4.78, 5) is 21.0. The predicted molar refractivity (Wildman–Crippen MR) is 69.1 cm³/mol. The van der Waals surface area contributed by atoms with E-state index in [1.165, 1.54) is 23.1 Å². The maximum absolute atomic E-state index is 10.8. The molecule has 0 spiro atoms. The number of carbonyl (C=O) groups is 1. The lowest BCUT2D eigenvalue weighted by atomic mass is 10.2. The Kier molecular flexibility index (Phi) is 3.61.